The quantitative estimate of drug-likeness (QED) is 0.668. The Kier molecular flexibility index (Phi) is 5.14. The highest BCUT2D eigenvalue weighted by atomic mass is 32.1. The number of carbonyl (C=O) groups is 2. The molecule has 2 aromatic heterocycles. The number of ether oxygens (including phenoxy) is 1. The van der Waals surface area contributed by atoms with E-state index in [-0.39, 0.29) is 5.69 Å². The third-order valence-corrected chi connectivity index (χ3v) is 5.51. The number of anilines is 2. The number of thiazole rings is 1. The Morgan fingerprint density at radius 1 is 1.23 bits per heavy atom. The first-order valence-corrected chi connectivity index (χ1v) is 8.96. The number of thiophene rings is 1. The smallest absolute Gasteiger partial charge is 0.348 e. The van der Waals surface area contributed by atoms with Crippen LogP contribution >= 0.6 is 22.7 Å². The lowest BCUT2D eigenvalue weighted by Crippen LogP contribution is -2.21. The molecule has 1 amide bonds. The summed E-state index contributed by atoms with van der Waals surface area (Å²) in [5, 5.41) is 2.98. The van der Waals surface area contributed by atoms with Crippen molar-refractivity contribution in [1.82, 2.24) is 4.98 Å². The van der Waals surface area contributed by atoms with Crippen molar-refractivity contribution in [3.05, 3.63) is 40.8 Å². The summed E-state index contributed by atoms with van der Waals surface area (Å²) in [5.41, 5.74) is -0.317. The van der Waals surface area contributed by atoms with Gasteiger partial charge < -0.3 is 15.0 Å². The van der Waals surface area contributed by atoms with E-state index < -0.39 is 30.1 Å². The van der Waals surface area contributed by atoms with Crippen molar-refractivity contribution >= 4 is 54.9 Å². The molecule has 0 radical (unpaired) electrons. The maximum absolute atomic E-state index is 13.5. The van der Waals surface area contributed by atoms with E-state index in [0.29, 0.717) is 9.71 Å². The van der Waals surface area contributed by atoms with Gasteiger partial charge in [-0.1, -0.05) is 11.3 Å². The van der Waals surface area contributed by atoms with Crippen molar-refractivity contribution in [3.8, 4) is 0 Å². The van der Waals surface area contributed by atoms with Crippen molar-refractivity contribution < 1.29 is 23.1 Å². The lowest BCUT2D eigenvalue weighted by molar-refractivity contribution is -0.119. The number of nitrogens with one attached hydrogen (secondary N) is 1. The van der Waals surface area contributed by atoms with Crippen molar-refractivity contribution in [2.45, 2.75) is 0 Å². The molecule has 136 valence electrons. The molecule has 0 aliphatic rings. The molecule has 0 fully saturated rings. The number of halogens is 2. The van der Waals surface area contributed by atoms with E-state index in [9.17, 15) is 18.4 Å². The average Bonchev–Trinajstić information content (AvgIpc) is 3.15. The van der Waals surface area contributed by atoms with Crippen LogP contribution in [0, 0.1) is 11.6 Å². The zero-order chi connectivity index (χ0) is 18.8. The Morgan fingerprint density at radius 3 is 2.69 bits per heavy atom. The zero-order valence-electron chi connectivity index (χ0n) is 13.7. The third-order valence-electron chi connectivity index (χ3n) is 3.20. The molecule has 1 aromatic carbocycles. The molecule has 0 saturated heterocycles. The Hall–Kier alpha value is -2.59. The Balaban J connectivity index is 1.60. The molecule has 2 heterocycles. The van der Waals surface area contributed by atoms with Gasteiger partial charge in [0.2, 0.25) is 0 Å². The van der Waals surface area contributed by atoms with Crippen LogP contribution in [-0.2, 0) is 9.53 Å². The first-order valence-electron chi connectivity index (χ1n) is 7.33. The van der Waals surface area contributed by atoms with E-state index in [2.05, 4.69) is 10.3 Å². The standard InChI is InChI=1S/C16H13F2N3O3S2/c1-21(2)16-20-14-11(26-16)6-12(25-14)15(23)24-7-13(22)19-10-5-8(17)3-4-9(10)18/h3-6H,7H2,1-2H3,(H,19,22). The first-order chi connectivity index (χ1) is 12.3. The van der Waals surface area contributed by atoms with Gasteiger partial charge in [0.25, 0.3) is 5.91 Å². The molecule has 0 aliphatic carbocycles. The van der Waals surface area contributed by atoms with Gasteiger partial charge in [-0.2, -0.15) is 0 Å². The fourth-order valence-corrected chi connectivity index (χ4v) is 4.02. The summed E-state index contributed by atoms with van der Waals surface area (Å²) in [6.07, 6.45) is 0. The SMILES string of the molecule is CN(C)c1nc2sc(C(=O)OCC(=O)Nc3cc(F)ccc3F)cc2s1. The molecular formula is C16H13F2N3O3S2. The highest BCUT2D eigenvalue weighted by Gasteiger charge is 2.17. The molecule has 0 saturated carbocycles. The Morgan fingerprint density at radius 2 is 2.00 bits per heavy atom. The van der Waals surface area contributed by atoms with Gasteiger partial charge in [-0.15, -0.1) is 11.3 Å². The summed E-state index contributed by atoms with van der Waals surface area (Å²) < 4.78 is 32.3. The molecule has 0 bridgehead atoms. The van der Waals surface area contributed by atoms with Crippen LogP contribution in [0.1, 0.15) is 9.67 Å². The lowest BCUT2D eigenvalue weighted by Gasteiger charge is -2.07. The van der Waals surface area contributed by atoms with E-state index >= 15 is 0 Å². The summed E-state index contributed by atoms with van der Waals surface area (Å²) in [7, 11) is 3.75. The van der Waals surface area contributed by atoms with Crippen LogP contribution in [0.2, 0.25) is 0 Å². The van der Waals surface area contributed by atoms with Gasteiger partial charge in [-0.25, -0.2) is 18.6 Å². The van der Waals surface area contributed by atoms with Crippen molar-refractivity contribution in [2.24, 2.45) is 0 Å². The minimum atomic E-state index is -0.785. The van der Waals surface area contributed by atoms with Crippen LogP contribution < -0.4 is 10.2 Å². The van der Waals surface area contributed by atoms with Crippen LogP contribution in [0.5, 0.6) is 0 Å². The number of esters is 1. The van der Waals surface area contributed by atoms with Crippen molar-refractivity contribution in [2.75, 3.05) is 30.9 Å². The van der Waals surface area contributed by atoms with E-state index in [1.54, 1.807) is 6.07 Å². The fraction of sp³-hybridized carbons (Fsp3) is 0.188. The van der Waals surface area contributed by atoms with Gasteiger partial charge in [0.15, 0.2) is 11.7 Å². The maximum Gasteiger partial charge on any atom is 0.348 e. The predicted octanol–water partition coefficient (Wildman–Crippen LogP) is 3.50. The van der Waals surface area contributed by atoms with Crippen LogP contribution in [0.3, 0.4) is 0 Å². The van der Waals surface area contributed by atoms with Crippen LogP contribution in [0.25, 0.3) is 9.53 Å². The summed E-state index contributed by atoms with van der Waals surface area (Å²) >= 11 is 2.59. The second kappa shape index (κ2) is 7.34. The molecule has 26 heavy (non-hydrogen) atoms. The minimum absolute atomic E-state index is 0.314. The first kappa shape index (κ1) is 18.2. The topological polar surface area (TPSA) is 71.5 Å². The molecule has 3 aromatic rings. The number of benzene rings is 1. The van der Waals surface area contributed by atoms with Gasteiger partial charge in [0.1, 0.15) is 21.3 Å². The van der Waals surface area contributed by atoms with Crippen LogP contribution in [0.15, 0.2) is 24.3 Å². The van der Waals surface area contributed by atoms with Crippen molar-refractivity contribution in [1.29, 1.82) is 0 Å². The van der Waals surface area contributed by atoms with Gasteiger partial charge in [-0.05, 0) is 18.2 Å². The normalized spacial score (nSPS) is 10.8. The number of hydrogen-bond acceptors (Lipinski definition) is 7. The molecule has 0 atom stereocenters. The largest absolute Gasteiger partial charge is 0.451 e. The van der Waals surface area contributed by atoms with Crippen LogP contribution in [-0.4, -0.2) is 37.6 Å². The number of rotatable bonds is 5. The highest BCUT2D eigenvalue weighted by Crippen LogP contribution is 2.34. The molecule has 3 rings (SSSR count). The fourth-order valence-electron chi connectivity index (χ4n) is 2.00. The van der Waals surface area contributed by atoms with E-state index in [0.717, 1.165) is 39.4 Å². The number of aromatic nitrogens is 1. The van der Waals surface area contributed by atoms with Gasteiger partial charge >= 0.3 is 5.97 Å². The predicted molar refractivity (Wildman–Crippen MR) is 97.1 cm³/mol. The monoisotopic (exact) mass is 397 g/mol. The number of hydrogen-bond donors (Lipinski definition) is 1. The lowest BCUT2D eigenvalue weighted by atomic mass is 10.3. The number of amides is 1. The second-order valence-corrected chi connectivity index (χ2v) is 7.46. The molecular weight excluding hydrogens is 384 g/mol. The molecule has 0 unspecified atom stereocenters. The van der Waals surface area contributed by atoms with Crippen molar-refractivity contribution in [3.63, 3.8) is 0 Å². The van der Waals surface area contributed by atoms with Gasteiger partial charge in [0.05, 0.1) is 10.4 Å². The Labute approximate surface area is 155 Å². The molecule has 10 heteroatoms. The second-order valence-electron chi connectivity index (χ2n) is 5.42. The summed E-state index contributed by atoms with van der Waals surface area (Å²) in [6.45, 7) is -0.614. The number of nitrogens with zero attached hydrogens (tertiary/aromatic N) is 2. The summed E-state index contributed by atoms with van der Waals surface area (Å²) in [5.74, 6) is -2.93. The van der Waals surface area contributed by atoms with E-state index in [4.69, 9.17) is 4.74 Å². The summed E-state index contributed by atoms with van der Waals surface area (Å²) in [6, 6.07) is 4.32. The van der Waals surface area contributed by atoms with Gasteiger partial charge in [0, 0.05) is 20.2 Å². The summed E-state index contributed by atoms with van der Waals surface area (Å²) in [4.78, 5) is 31.1. The number of carbonyl (C=O) groups excluding carboxylic acids is 2. The third kappa shape index (κ3) is 3.97. The maximum atomic E-state index is 13.5. The Bertz CT molecular complexity index is 953. The van der Waals surface area contributed by atoms with E-state index in [1.807, 2.05) is 19.0 Å². The molecule has 6 nitrogen and oxygen atoms in total. The zero-order valence-corrected chi connectivity index (χ0v) is 15.3. The van der Waals surface area contributed by atoms with Gasteiger partial charge in [-0.3, -0.25) is 4.79 Å². The van der Waals surface area contributed by atoms with Crippen LogP contribution in [0.4, 0.5) is 19.6 Å². The molecule has 1 N–H and O–H groups in total. The van der Waals surface area contributed by atoms with E-state index in [1.165, 1.54) is 11.3 Å². The highest BCUT2D eigenvalue weighted by molar-refractivity contribution is 7.29. The average molecular weight is 397 g/mol. The number of fused-ring (bicyclic) bond motifs is 1. The minimum Gasteiger partial charge on any atom is -0.451 e. The molecule has 0 aliphatic heterocycles. The molecule has 0 spiro atoms.